The number of nitrogens with zero attached hydrogens (tertiary/aromatic N) is 6. The second-order valence-electron chi connectivity index (χ2n) is 9.09. The first-order valence-corrected chi connectivity index (χ1v) is 13.1. The molecule has 0 unspecified atom stereocenters. The average molecular weight is 568 g/mol. The van der Waals surface area contributed by atoms with E-state index in [1.54, 1.807) is 0 Å². The molecule has 40 heavy (non-hydrogen) atoms. The number of aromatic nitrogens is 4. The van der Waals surface area contributed by atoms with Crippen LogP contribution in [0.15, 0.2) is 24.5 Å². The van der Waals surface area contributed by atoms with Crippen molar-refractivity contribution in [3.05, 3.63) is 40.8 Å². The highest BCUT2D eigenvalue weighted by Crippen LogP contribution is 2.36. The van der Waals surface area contributed by atoms with Crippen LogP contribution in [-0.2, 0) is 9.59 Å². The summed E-state index contributed by atoms with van der Waals surface area (Å²) in [6.07, 6.45) is 1.64. The number of hydrogen-bond acceptors (Lipinski definition) is 9. The van der Waals surface area contributed by atoms with Gasteiger partial charge in [0.05, 0.1) is 18.9 Å². The van der Waals surface area contributed by atoms with Gasteiger partial charge < -0.3 is 9.64 Å². The molecule has 2 aliphatic rings. The van der Waals surface area contributed by atoms with Gasteiger partial charge in [0, 0.05) is 43.3 Å². The minimum Gasteiger partial charge on any atom is -0.494 e. The lowest BCUT2D eigenvalue weighted by Crippen LogP contribution is -2.52. The summed E-state index contributed by atoms with van der Waals surface area (Å²) in [4.78, 5) is 48.8. The van der Waals surface area contributed by atoms with Crippen LogP contribution in [0.5, 0.6) is 5.75 Å². The van der Waals surface area contributed by atoms with Crippen LogP contribution in [0, 0.1) is 17.8 Å². The fourth-order valence-electron chi connectivity index (χ4n) is 4.01. The Morgan fingerprint density at radius 3 is 2.62 bits per heavy atom. The average Bonchev–Trinajstić information content (AvgIpc) is 3.68. The number of halogens is 2. The Morgan fingerprint density at radius 2 is 1.95 bits per heavy atom. The molecule has 3 amide bonds. The zero-order chi connectivity index (χ0) is 28.4. The molecule has 0 spiro atoms. The van der Waals surface area contributed by atoms with Crippen molar-refractivity contribution in [3.63, 3.8) is 0 Å². The summed E-state index contributed by atoms with van der Waals surface area (Å²) < 4.78 is 32.5. The van der Waals surface area contributed by atoms with Crippen LogP contribution in [0.3, 0.4) is 0 Å². The number of rotatable bonds is 6. The second kappa shape index (κ2) is 11.3. The summed E-state index contributed by atoms with van der Waals surface area (Å²) in [7, 11) is 1.35. The zero-order valence-corrected chi connectivity index (χ0v) is 22.3. The summed E-state index contributed by atoms with van der Waals surface area (Å²) in [6.45, 7) is 1.70. The number of anilines is 2. The van der Waals surface area contributed by atoms with Crippen molar-refractivity contribution in [2.45, 2.75) is 26.2 Å². The zero-order valence-electron chi connectivity index (χ0n) is 21.5. The van der Waals surface area contributed by atoms with Crippen LogP contribution in [-0.4, -0.2) is 69.5 Å². The Labute approximate surface area is 231 Å². The molecule has 206 valence electrons. The van der Waals surface area contributed by atoms with Crippen LogP contribution >= 0.6 is 11.3 Å². The molecule has 1 saturated heterocycles. The summed E-state index contributed by atoms with van der Waals surface area (Å²) >= 11 is 1.10. The highest BCUT2D eigenvalue weighted by Gasteiger charge is 2.29. The van der Waals surface area contributed by atoms with Crippen molar-refractivity contribution >= 4 is 40.0 Å². The maximum absolute atomic E-state index is 13.6. The third-order valence-electron chi connectivity index (χ3n) is 6.30. The number of pyridine rings is 2. The molecule has 4 heterocycles. The van der Waals surface area contributed by atoms with Crippen molar-refractivity contribution in [3.8, 4) is 28.7 Å². The quantitative estimate of drug-likeness (QED) is 0.450. The highest BCUT2D eigenvalue weighted by atomic mass is 32.1. The Kier molecular flexibility index (Phi) is 7.65. The summed E-state index contributed by atoms with van der Waals surface area (Å²) in [6, 6.07) is 2.58. The van der Waals surface area contributed by atoms with E-state index in [9.17, 15) is 23.2 Å². The second-order valence-corrected chi connectivity index (χ2v) is 10.1. The lowest BCUT2D eigenvalue weighted by molar-refractivity contribution is -0.135. The number of nitrogens with one attached hydrogen (secondary N) is 1. The SMILES string of the molecule is COc1cnc(C(F)F)cc1-c1cc(N2CCN(C(C)=O)CC2=O)ncc1C(=O)Nc1nnc(C#CC2CC2)s1. The topological polar surface area (TPSA) is 131 Å². The van der Waals surface area contributed by atoms with Crippen LogP contribution in [0.25, 0.3) is 11.1 Å². The van der Waals surface area contributed by atoms with Gasteiger partial charge in [-0.15, -0.1) is 10.2 Å². The molecule has 0 bridgehead atoms. The number of methoxy groups -OCH3 is 1. The predicted octanol–water partition coefficient (Wildman–Crippen LogP) is 3.15. The van der Waals surface area contributed by atoms with E-state index >= 15 is 0 Å². The molecule has 1 aliphatic heterocycles. The lowest BCUT2D eigenvalue weighted by Gasteiger charge is -2.33. The molecule has 1 saturated carbocycles. The van der Waals surface area contributed by atoms with Gasteiger partial charge in [0.1, 0.15) is 23.8 Å². The van der Waals surface area contributed by atoms with E-state index in [-0.39, 0.29) is 64.8 Å². The Balaban J connectivity index is 1.52. The summed E-state index contributed by atoms with van der Waals surface area (Å²) in [5.74, 6) is 5.49. The third-order valence-corrected chi connectivity index (χ3v) is 7.06. The molecular formula is C26H23F2N7O4S. The van der Waals surface area contributed by atoms with E-state index in [0.717, 1.165) is 36.4 Å². The molecule has 0 atom stereocenters. The molecule has 1 aliphatic carbocycles. The first kappa shape index (κ1) is 27.1. The maximum Gasteiger partial charge on any atom is 0.280 e. The Bertz CT molecular complexity index is 1550. The fourth-order valence-corrected chi connectivity index (χ4v) is 4.61. The Hall–Kier alpha value is -4.51. The minimum atomic E-state index is -2.87. The summed E-state index contributed by atoms with van der Waals surface area (Å²) in [5.41, 5.74) is -0.160. The van der Waals surface area contributed by atoms with Gasteiger partial charge in [-0.25, -0.2) is 13.8 Å². The molecule has 1 N–H and O–H groups in total. The monoisotopic (exact) mass is 567 g/mol. The number of carbonyl (C=O) groups excluding carboxylic acids is 3. The molecule has 2 fully saturated rings. The van der Waals surface area contributed by atoms with Crippen molar-refractivity contribution in [1.29, 1.82) is 0 Å². The largest absolute Gasteiger partial charge is 0.494 e. The van der Waals surface area contributed by atoms with E-state index in [1.165, 1.54) is 36.1 Å². The third kappa shape index (κ3) is 5.89. The standard InChI is InChI=1S/C26H23F2N7O4S/c1-14(36)34-7-8-35(23(37)13-34)21-10-16(17-9-19(24(27)28)29-12-20(17)39-2)18(11-30-21)25(38)31-26-33-32-22(40-26)6-5-15-3-4-15/h9-12,15,24H,3-4,7-8,13H2,1-2H3,(H,31,33,38). The van der Waals surface area contributed by atoms with E-state index in [2.05, 4.69) is 37.3 Å². The molecule has 0 radical (unpaired) electrons. The van der Waals surface area contributed by atoms with E-state index in [1.807, 2.05) is 0 Å². The van der Waals surface area contributed by atoms with Gasteiger partial charge in [-0.3, -0.25) is 29.6 Å². The lowest BCUT2D eigenvalue weighted by atomic mass is 9.99. The van der Waals surface area contributed by atoms with Gasteiger partial charge in [0.15, 0.2) is 5.01 Å². The van der Waals surface area contributed by atoms with E-state index < -0.39 is 18.0 Å². The van der Waals surface area contributed by atoms with Crippen LogP contribution < -0.4 is 15.0 Å². The van der Waals surface area contributed by atoms with Crippen molar-refractivity contribution in [2.24, 2.45) is 5.92 Å². The van der Waals surface area contributed by atoms with Gasteiger partial charge >= 0.3 is 0 Å². The predicted molar refractivity (Wildman–Crippen MR) is 141 cm³/mol. The first-order chi connectivity index (χ1) is 19.2. The number of ether oxygens (including phenoxy) is 1. The van der Waals surface area contributed by atoms with E-state index in [0.29, 0.717) is 10.9 Å². The van der Waals surface area contributed by atoms with E-state index in [4.69, 9.17) is 4.74 Å². The molecular weight excluding hydrogens is 544 g/mol. The number of hydrogen-bond donors (Lipinski definition) is 1. The molecule has 14 heteroatoms. The van der Waals surface area contributed by atoms with Gasteiger partial charge in [0.2, 0.25) is 16.9 Å². The van der Waals surface area contributed by atoms with Crippen molar-refractivity contribution in [2.75, 3.05) is 37.0 Å². The maximum atomic E-state index is 13.6. The fraction of sp³-hybridized carbons (Fsp3) is 0.346. The Morgan fingerprint density at radius 1 is 1.15 bits per heavy atom. The molecule has 11 nitrogen and oxygen atoms in total. The van der Waals surface area contributed by atoms with Crippen LogP contribution in [0.2, 0.25) is 0 Å². The van der Waals surface area contributed by atoms with Crippen LogP contribution in [0.4, 0.5) is 19.7 Å². The molecule has 3 aromatic rings. The summed E-state index contributed by atoms with van der Waals surface area (Å²) in [5, 5.41) is 11.3. The number of carbonyl (C=O) groups is 3. The molecule has 3 aromatic heterocycles. The number of amides is 3. The highest BCUT2D eigenvalue weighted by molar-refractivity contribution is 7.15. The normalized spacial score (nSPS) is 15.1. The first-order valence-electron chi connectivity index (χ1n) is 12.3. The van der Waals surface area contributed by atoms with Gasteiger partial charge in [-0.05, 0) is 30.9 Å². The van der Waals surface area contributed by atoms with Crippen molar-refractivity contribution in [1.82, 2.24) is 25.1 Å². The molecule has 5 rings (SSSR count). The van der Waals surface area contributed by atoms with Gasteiger partial charge in [-0.2, -0.15) is 0 Å². The van der Waals surface area contributed by atoms with Gasteiger partial charge in [0.25, 0.3) is 12.3 Å². The van der Waals surface area contributed by atoms with Crippen molar-refractivity contribution < 1.29 is 27.9 Å². The minimum absolute atomic E-state index is 0.0177. The number of alkyl halides is 2. The van der Waals surface area contributed by atoms with Crippen LogP contribution in [0.1, 0.15) is 47.3 Å². The number of piperazine rings is 1. The molecule has 0 aromatic carbocycles. The van der Waals surface area contributed by atoms with Gasteiger partial charge in [-0.1, -0.05) is 17.3 Å². The smallest absolute Gasteiger partial charge is 0.280 e.